The van der Waals surface area contributed by atoms with Crippen molar-refractivity contribution >= 4 is 9.84 Å². The zero-order valence-corrected chi connectivity index (χ0v) is 12.2. The maximum atomic E-state index is 11.5. The van der Waals surface area contributed by atoms with Crippen molar-refractivity contribution in [1.82, 2.24) is 5.32 Å². The minimum absolute atomic E-state index is 0.00587. The van der Waals surface area contributed by atoms with Gasteiger partial charge in [-0.1, -0.05) is 37.3 Å². The molecule has 0 aromatic heterocycles. The lowest BCUT2D eigenvalue weighted by Gasteiger charge is -2.19. The van der Waals surface area contributed by atoms with E-state index in [1.165, 1.54) is 5.56 Å². The first kappa shape index (κ1) is 15.2. The third-order valence-corrected chi connectivity index (χ3v) is 4.79. The third-order valence-electron chi connectivity index (χ3n) is 2.90. The first-order valence-corrected chi connectivity index (χ1v) is 8.25. The highest BCUT2D eigenvalue weighted by Crippen LogP contribution is 2.04. The summed E-state index contributed by atoms with van der Waals surface area (Å²) in [6.45, 7) is 5.70. The molecule has 0 aliphatic carbocycles. The van der Waals surface area contributed by atoms with Gasteiger partial charge in [0.1, 0.15) is 0 Å². The fourth-order valence-corrected chi connectivity index (χ4v) is 3.15. The lowest BCUT2D eigenvalue weighted by molar-refractivity contribution is 0.483. The predicted molar refractivity (Wildman–Crippen MR) is 76.5 cm³/mol. The van der Waals surface area contributed by atoms with Crippen LogP contribution >= 0.6 is 0 Å². The van der Waals surface area contributed by atoms with Crippen LogP contribution in [0.5, 0.6) is 0 Å². The molecule has 0 aliphatic heterocycles. The number of sulfone groups is 1. The zero-order chi connectivity index (χ0) is 13.6. The highest BCUT2D eigenvalue weighted by atomic mass is 32.2. The van der Waals surface area contributed by atoms with Gasteiger partial charge in [0, 0.05) is 17.8 Å². The fourth-order valence-electron chi connectivity index (χ4n) is 2.06. The molecule has 4 heteroatoms. The smallest absolute Gasteiger partial charge is 0.151 e. The van der Waals surface area contributed by atoms with Crippen molar-refractivity contribution in [3.8, 4) is 0 Å². The van der Waals surface area contributed by atoms with Crippen molar-refractivity contribution < 1.29 is 8.42 Å². The zero-order valence-electron chi connectivity index (χ0n) is 11.4. The Bertz CT molecular complexity index is 442. The lowest BCUT2D eigenvalue weighted by atomic mass is 10.1. The van der Waals surface area contributed by atoms with E-state index in [0.29, 0.717) is 0 Å². The molecule has 0 aliphatic rings. The minimum Gasteiger partial charge on any atom is -0.310 e. The van der Waals surface area contributed by atoms with Gasteiger partial charge in [-0.25, -0.2) is 8.42 Å². The van der Waals surface area contributed by atoms with Gasteiger partial charge in [-0.05, 0) is 25.8 Å². The van der Waals surface area contributed by atoms with E-state index in [-0.39, 0.29) is 23.6 Å². The maximum Gasteiger partial charge on any atom is 0.151 e. The molecule has 0 spiro atoms. The highest BCUT2D eigenvalue weighted by Gasteiger charge is 2.15. The molecule has 102 valence electrons. The summed E-state index contributed by atoms with van der Waals surface area (Å²) in [6, 6.07) is 10.5. The molecule has 0 bridgehead atoms. The second-order valence-electron chi connectivity index (χ2n) is 4.86. The van der Waals surface area contributed by atoms with Crippen molar-refractivity contribution in [3.05, 3.63) is 35.9 Å². The number of nitrogens with one attached hydrogen (secondary N) is 1. The number of benzene rings is 1. The summed E-state index contributed by atoms with van der Waals surface area (Å²) in [5.41, 5.74) is 1.27. The predicted octanol–water partition coefficient (Wildman–Crippen LogP) is 2.03. The second kappa shape index (κ2) is 6.90. The van der Waals surface area contributed by atoms with E-state index in [1.54, 1.807) is 6.92 Å². The SMILES string of the molecule is CCS(=O)(=O)CC(C)NC(C)Cc1ccccc1. The van der Waals surface area contributed by atoms with Crippen molar-refractivity contribution in [2.75, 3.05) is 11.5 Å². The molecule has 3 nitrogen and oxygen atoms in total. The molecule has 1 N–H and O–H groups in total. The molecule has 0 saturated heterocycles. The lowest BCUT2D eigenvalue weighted by Crippen LogP contribution is -2.40. The van der Waals surface area contributed by atoms with E-state index in [2.05, 4.69) is 24.4 Å². The summed E-state index contributed by atoms with van der Waals surface area (Å²) < 4.78 is 23.0. The average molecular weight is 269 g/mol. The molecule has 2 atom stereocenters. The number of hydrogen-bond acceptors (Lipinski definition) is 3. The molecular formula is C14H23NO2S. The second-order valence-corrected chi connectivity index (χ2v) is 7.26. The molecule has 0 amide bonds. The van der Waals surface area contributed by atoms with Gasteiger partial charge in [0.05, 0.1) is 5.75 Å². The maximum absolute atomic E-state index is 11.5. The Labute approximate surface area is 111 Å². The van der Waals surface area contributed by atoms with Crippen LogP contribution in [0.2, 0.25) is 0 Å². The molecule has 0 radical (unpaired) electrons. The summed E-state index contributed by atoms with van der Waals surface area (Å²) >= 11 is 0. The Hall–Kier alpha value is -0.870. The van der Waals surface area contributed by atoms with Crippen LogP contribution in [-0.2, 0) is 16.3 Å². The molecule has 0 saturated carbocycles. The molecule has 1 aromatic rings. The minimum atomic E-state index is -2.90. The first-order chi connectivity index (χ1) is 8.43. The van der Waals surface area contributed by atoms with Crippen LogP contribution < -0.4 is 5.32 Å². The fraction of sp³-hybridized carbons (Fsp3) is 0.571. The van der Waals surface area contributed by atoms with Crippen LogP contribution in [-0.4, -0.2) is 32.0 Å². The van der Waals surface area contributed by atoms with Crippen LogP contribution in [0.25, 0.3) is 0 Å². The normalized spacial score (nSPS) is 15.3. The monoisotopic (exact) mass is 269 g/mol. The van der Waals surface area contributed by atoms with E-state index in [0.717, 1.165) is 6.42 Å². The Kier molecular flexibility index (Phi) is 5.82. The van der Waals surface area contributed by atoms with Crippen molar-refractivity contribution in [2.24, 2.45) is 0 Å². The molecular weight excluding hydrogens is 246 g/mol. The van der Waals surface area contributed by atoms with Crippen LogP contribution in [0, 0.1) is 0 Å². The van der Waals surface area contributed by atoms with Crippen molar-refractivity contribution in [1.29, 1.82) is 0 Å². The average Bonchev–Trinajstić information content (AvgIpc) is 2.29. The van der Waals surface area contributed by atoms with Gasteiger partial charge >= 0.3 is 0 Å². The third kappa shape index (κ3) is 5.65. The van der Waals surface area contributed by atoms with Gasteiger partial charge < -0.3 is 5.32 Å². The molecule has 0 fully saturated rings. The number of hydrogen-bond donors (Lipinski definition) is 1. The van der Waals surface area contributed by atoms with E-state index in [9.17, 15) is 8.42 Å². The molecule has 18 heavy (non-hydrogen) atoms. The number of rotatable bonds is 7. The Morgan fingerprint density at radius 3 is 2.28 bits per heavy atom. The largest absolute Gasteiger partial charge is 0.310 e. The topological polar surface area (TPSA) is 46.2 Å². The van der Waals surface area contributed by atoms with Crippen LogP contribution in [0.15, 0.2) is 30.3 Å². The van der Waals surface area contributed by atoms with Crippen molar-refractivity contribution in [2.45, 2.75) is 39.3 Å². The van der Waals surface area contributed by atoms with Gasteiger partial charge in [-0.15, -0.1) is 0 Å². The van der Waals surface area contributed by atoms with Gasteiger partial charge in [0.25, 0.3) is 0 Å². The Morgan fingerprint density at radius 1 is 1.11 bits per heavy atom. The molecule has 1 rings (SSSR count). The van der Waals surface area contributed by atoms with Gasteiger partial charge in [-0.3, -0.25) is 0 Å². The van der Waals surface area contributed by atoms with Crippen LogP contribution in [0.3, 0.4) is 0 Å². The van der Waals surface area contributed by atoms with E-state index >= 15 is 0 Å². The van der Waals surface area contributed by atoms with Crippen LogP contribution in [0.4, 0.5) is 0 Å². The van der Waals surface area contributed by atoms with Gasteiger partial charge in [-0.2, -0.15) is 0 Å². The Balaban J connectivity index is 2.43. The molecule has 1 aromatic carbocycles. The first-order valence-electron chi connectivity index (χ1n) is 6.43. The molecule has 0 heterocycles. The van der Waals surface area contributed by atoms with Crippen LogP contribution in [0.1, 0.15) is 26.3 Å². The van der Waals surface area contributed by atoms with Gasteiger partial charge in [0.15, 0.2) is 9.84 Å². The molecule has 2 unspecified atom stereocenters. The standard InChI is InChI=1S/C14H23NO2S/c1-4-18(16,17)11-13(3)15-12(2)10-14-8-6-5-7-9-14/h5-9,12-13,15H,4,10-11H2,1-3H3. The van der Waals surface area contributed by atoms with E-state index < -0.39 is 9.84 Å². The van der Waals surface area contributed by atoms with Crippen molar-refractivity contribution in [3.63, 3.8) is 0 Å². The summed E-state index contributed by atoms with van der Waals surface area (Å²) in [6.07, 6.45) is 0.914. The summed E-state index contributed by atoms with van der Waals surface area (Å²) in [5.74, 6) is 0.425. The summed E-state index contributed by atoms with van der Waals surface area (Å²) in [5, 5.41) is 3.34. The Morgan fingerprint density at radius 2 is 1.72 bits per heavy atom. The summed E-state index contributed by atoms with van der Waals surface area (Å²) in [7, 11) is -2.90. The summed E-state index contributed by atoms with van der Waals surface area (Å²) in [4.78, 5) is 0. The highest BCUT2D eigenvalue weighted by molar-refractivity contribution is 7.91. The van der Waals surface area contributed by atoms with Gasteiger partial charge in [0.2, 0.25) is 0 Å². The van der Waals surface area contributed by atoms with E-state index in [1.807, 2.05) is 25.1 Å². The quantitative estimate of drug-likeness (QED) is 0.824. The van der Waals surface area contributed by atoms with E-state index in [4.69, 9.17) is 0 Å².